The van der Waals surface area contributed by atoms with Crippen molar-refractivity contribution in [3.8, 4) is 34.6 Å². The van der Waals surface area contributed by atoms with E-state index in [0.29, 0.717) is 35.4 Å². The fourth-order valence-electron chi connectivity index (χ4n) is 3.61. The van der Waals surface area contributed by atoms with Gasteiger partial charge in [-0.1, -0.05) is 48.5 Å². The molecule has 192 valence electrons. The predicted octanol–water partition coefficient (Wildman–Crippen LogP) is 6.44. The summed E-state index contributed by atoms with van der Waals surface area (Å²) in [6.07, 6.45) is 1.50. The summed E-state index contributed by atoms with van der Waals surface area (Å²) in [7, 11) is 1.53. The van der Waals surface area contributed by atoms with E-state index in [2.05, 4.69) is 10.3 Å². The van der Waals surface area contributed by atoms with Crippen LogP contribution in [0.3, 0.4) is 0 Å². The number of methoxy groups -OCH3 is 1. The van der Waals surface area contributed by atoms with Crippen LogP contribution in [0.4, 0.5) is 5.13 Å². The Bertz CT molecular complexity index is 1490. The summed E-state index contributed by atoms with van der Waals surface area (Å²) < 4.78 is 17.2. The maximum atomic E-state index is 12.7. The monoisotopic (exact) mass is 525 g/mol. The molecule has 8 heteroatoms. The van der Waals surface area contributed by atoms with Crippen molar-refractivity contribution >= 4 is 28.5 Å². The van der Waals surface area contributed by atoms with Crippen LogP contribution in [-0.4, -0.2) is 31.2 Å². The van der Waals surface area contributed by atoms with Gasteiger partial charge in [0.25, 0.3) is 5.91 Å². The van der Waals surface area contributed by atoms with Gasteiger partial charge in [0.05, 0.1) is 12.8 Å². The van der Waals surface area contributed by atoms with Crippen LogP contribution in [0.15, 0.2) is 77.7 Å². The molecule has 0 atom stereocenters. The highest BCUT2D eigenvalue weighted by Crippen LogP contribution is 2.30. The fraction of sp³-hybridized carbons (Fsp3) is 0.167. The molecule has 7 nitrogen and oxygen atoms in total. The summed E-state index contributed by atoms with van der Waals surface area (Å²) in [5.41, 5.74) is 4.47. The van der Waals surface area contributed by atoms with Crippen LogP contribution in [0.5, 0.6) is 17.2 Å². The smallest absolute Gasteiger partial charge is 0.268 e. The summed E-state index contributed by atoms with van der Waals surface area (Å²) in [4.78, 5) is 17.2. The SMILES string of the molecule is COc1cc(C=C(C#N)C(=O)Nc2nc(-c3ccccc3)cs2)ccc1OCCOc1cc(C)ccc1C. The van der Waals surface area contributed by atoms with Crippen LogP contribution in [0.25, 0.3) is 17.3 Å². The third kappa shape index (κ3) is 6.78. The molecule has 1 heterocycles. The number of amides is 1. The highest BCUT2D eigenvalue weighted by atomic mass is 32.1. The number of anilines is 1. The van der Waals surface area contributed by atoms with Crippen molar-refractivity contribution in [2.45, 2.75) is 13.8 Å². The Kier molecular flexibility index (Phi) is 8.75. The number of nitrogens with zero attached hydrogens (tertiary/aromatic N) is 2. The van der Waals surface area contributed by atoms with Crippen LogP contribution >= 0.6 is 11.3 Å². The van der Waals surface area contributed by atoms with E-state index in [0.717, 1.165) is 28.1 Å². The summed E-state index contributed by atoms with van der Waals surface area (Å²) in [6, 6.07) is 22.9. The Labute approximate surface area is 226 Å². The third-order valence-corrected chi connectivity index (χ3v) is 6.36. The van der Waals surface area contributed by atoms with Gasteiger partial charge in [-0.2, -0.15) is 5.26 Å². The van der Waals surface area contributed by atoms with Crippen molar-refractivity contribution in [1.29, 1.82) is 5.26 Å². The minimum atomic E-state index is -0.538. The number of thiazole rings is 1. The molecule has 1 aromatic heterocycles. The minimum Gasteiger partial charge on any atom is -0.493 e. The van der Waals surface area contributed by atoms with Gasteiger partial charge in [-0.3, -0.25) is 10.1 Å². The van der Waals surface area contributed by atoms with E-state index in [4.69, 9.17) is 14.2 Å². The molecule has 0 aliphatic rings. The van der Waals surface area contributed by atoms with Crippen molar-refractivity contribution in [3.05, 3.63) is 94.4 Å². The number of ether oxygens (including phenoxy) is 3. The average molecular weight is 526 g/mol. The van der Waals surface area contributed by atoms with E-state index in [9.17, 15) is 10.1 Å². The number of nitrogens with one attached hydrogen (secondary N) is 1. The summed E-state index contributed by atoms with van der Waals surface area (Å²) in [5, 5.41) is 14.6. The van der Waals surface area contributed by atoms with Gasteiger partial charge in [0, 0.05) is 10.9 Å². The highest BCUT2D eigenvalue weighted by molar-refractivity contribution is 7.14. The number of carbonyl (C=O) groups excluding carboxylic acids is 1. The lowest BCUT2D eigenvalue weighted by molar-refractivity contribution is -0.112. The standard InChI is InChI=1S/C30H27N3O4S/c1-20-9-10-21(2)27(15-20)37-14-13-36-26-12-11-22(17-28(26)35-3)16-24(18-31)29(34)33-30-32-25(19-38-30)23-7-5-4-6-8-23/h4-12,15-17,19H,13-14H2,1-3H3,(H,32,33,34). The van der Waals surface area contributed by atoms with Gasteiger partial charge in [-0.05, 0) is 54.8 Å². The molecule has 0 fully saturated rings. The lowest BCUT2D eigenvalue weighted by Gasteiger charge is -2.13. The minimum absolute atomic E-state index is 0.0564. The first-order valence-electron chi connectivity index (χ1n) is 11.9. The third-order valence-electron chi connectivity index (χ3n) is 5.60. The lowest BCUT2D eigenvalue weighted by Crippen LogP contribution is -2.13. The molecule has 1 amide bonds. The topological polar surface area (TPSA) is 93.5 Å². The van der Waals surface area contributed by atoms with Gasteiger partial charge in [0.2, 0.25) is 0 Å². The molecule has 4 aromatic rings. The van der Waals surface area contributed by atoms with Crippen molar-refractivity contribution in [2.24, 2.45) is 0 Å². The summed E-state index contributed by atoms with van der Waals surface area (Å²) in [6.45, 7) is 4.71. The van der Waals surface area contributed by atoms with Gasteiger partial charge in [-0.15, -0.1) is 11.3 Å². The Hall–Kier alpha value is -4.61. The Morgan fingerprint density at radius 2 is 1.76 bits per heavy atom. The number of rotatable bonds is 10. The average Bonchev–Trinajstić information content (AvgIpc) is 3.40. The molecule has 0 aliphatic heterocycles. The second-order valence-electron chi connectivity index (χ2n) is 8.40. The summed E-state index contributed by atoms with van der Waals surface area (Å²) in [5.74, 6) is 1.31. The van der Waals surface area contributed by atoms with Crippen molar-refractivity contribution in [3.63, 3.8) is 0 Å². The maximum absolute atomic E-state index is 12.7. The van der Waals surface area contributed by atoms with E-state index in [-0.39, 0.29) is 5.57 Å². The largest absolute Gasteiger partial charge is 0.493 e. The fourth-order valence-corrected chi connectivity index (χ4v) is 4.33. The van der Waals surface area contributed by atoms with Crippen molar-refractivity contribution in [2.75, 3.05) is 25.6 Å². The quantitative estimate of drug-likeness (QED) is 0.146. The van der Waals surface area contributed by atoms with E-state index in [1.54, 1.807) is 18.2 Å². The van der Waals surface area contributed by atoms with E-state index in [1.807, 2.05) is 73.8 Å². The molecule has 3 aromatic carbocycles. The van der Waals surface area contributed by atoms with Crippen LogP contribution < -0.4 is 19.5 Å². The number of benzene rings is 3. The Morgan fingerprint density at radius 1 is 1.00 bits per heavy atom. The predicted molar refractivity (Wildman–Crippen MR) is 150 cm³/mol. The molecule has 38 heavy (non-hydrogen) atoms. The van der Waals surface area contributed by atoms with Crippen LogP contribution in [0.2, 0.25) is 0 Å². The van der Waals surface area contributed by atoms with E-state index < -0.39 is 5.91 Å². The van der Waals surface area contributed by atoms with Crippen molar-refractivity contribution in [1.82, 2.24) is 4.98 Å². The number of aromatic nitrogens is 1. The van der Waals surface area contributed by atoms with Gasteiger partial charge >= 0.3 is 0 Å². The van der Waals surface area contributed by atoms with E-state index >= 15 is 0 Å². The molecule has 0 unspecified atom stereocenters. The molecule has 4 rings (SSSR count). The lowest BCUT2D eigenvalue weighted by atomic mass is 10.1. The zero-order valence-electron chi connectivity index (χ0n) is 21.4. The first-order valence-corrected chi connectivity index (χ1v) is 12.8. The molecule has 0 spiro atoms. The Morgan fingerprint density at radius 3 is 2.50 bits per heavy atom. The molecule has 0 bridgehead atoms. The second-order valence-corrected chi connectivity index (χ2v) is 9.26. The van der Waals surface area contributed by atoms with Gasteiger partial charge < -0.3 is 14.2 Å². The summed E-state index contributed by atoms with van der Waals surface area (Å²) >= 11 is 1.30. The molecule has 0 saturated heterocycles. The van der Waals surface area contributed by atoms with Crippen LogP contribution in [0, 0.1) is 25.2 Å². The van der Waals surface area contributed by atoms with Crippen LogP contribution in [-0.2, 0) is 4.79 Å². The number of nitriles is 1. The second kappa shape index (κ2) is 12.6. The zero-order valence-corrected chi connectivity index (χ0v) is 22.2. The maximum Gasteiger partial charge on any atom is 0.268 e. The van der Waals surface area contributed by atoms with E-state index in [1.165, 1.54) is 24.5 Å². The number of hydrogen-bond acceptors (Lipinski definition) is 7. The molecular weight excluding hydrogens is 498 g/mol. The number of aryl methyl sites for hydroxylation is 2. The van der Waals surface area contributed by atoms with Gasteiger partial charge in [0.1, 0.15) is 30.6 Å². The normalized spacial score (nSPS) is 10.9. The molecule has 0 radical (unpaired) electrons. The molecule has 0 saturated carbocycles. The highest BCUT2D eigenvalue weighted by Gasteiger charge is 2.14. The number of carbonyl (C=O) groups is 1. The number of hydrogen-bond donors (Lipinski definition) is 1. The molecular formula is C30H27N3O4S. The first kappa shape index (κ1) is 26.5. The molecule has 0 aliphatic carbocycles. The first-order chi connectivity index (χ1) is 18.5. The van der Waals surface area contributed by atoms with Crippen molar-refractivity contribution < 1.29 is 19.0 Å². The molecule has 1 N–H and O–H groups in total. The van der Waals surface area contributed by atoms with Crippen LogP contribution in [0.1, 0.15) is 16.7 Å². The van der Waals surface area contributed by atoms with Gasteiger partial charge in [-0.25, -0.2) is 4.98 Å². The Balaban J connectivity index is 1.38. The zero-order chi connectivity index (χ0) is 26.9. The van der Waals surface area contributed by atoms with Gasteiger partial charge in [0.15, 0.2) is 16.6 Å².